The molecule has 0 saturated carbocycles. The summed E-state index contributed by atoms with van der Waals surface area (Å²) < 4.78 is 33.5. The predicted molar refractivity (Wildman–Crippen MR) is 129 cm³/mol. The Morgan fingerprint density at radius 1 is 1.00 bits per heavy atom. The summed E-state index contributed by atoms with van der Waals surface area (Å²) in [6, 6.07) is 17.3. The Hall–Kier alpha value is -2.32. The normalized spacial score (nSPS) is 11.8. The number of rotatable bonds is 10. The maximum Gasteiger partial charge on any atom is 0.245 e. The molecule has 0 spiro atoms. The van der Waals surface area contributed by atoms with Crippen molar-refractivity contribution in [2.45, 2.75) is 31.8 Å². The summed E-state index contributed by atoms with van der Waals surface area (Å²) in [6.07, 6.45) is 1.54. The van der Waals surface area contributed by atoms with Gasteiger partial charge in [-0.2, -0.15) is 4.31 Å². The van der Waals surface area contributed by atoms with Gasteiger partial charge < -0.3 is 9.32 Å². The zero-order valence-electron chi connectivity index (χ0n) is 18.4. The van der Waals surface area contributed by atoms with Crippen molar-refractivity contribution >= 4 is 39.1 Å². The summed E-state index contributed by atoms with van der Waals surface area (Å²) in [4.78, 5) is 14.9. The minimum absolute atomic E-state index is 0.0156. The van der Waals surface area contributed by atoms with E-state index in [0.717, 1.165) is 9.87 Å². The number of benzene rings is 2. The van der Waals surface area contributed by atoms with Gasteiger partial charge in [0.2, 0.25) is 15.9 Å². The third-order valence-electron chi connectivity index (χ3n) is 4.89. The number of hydrogen-bond acceptors (Lipinski definition) is 4. The van der Waals surface area contributed by atoms with Gasteiger partial charge in [0.15, 0.2) is 0 Å². The summed E-state index contributed by atoms with van der Waals surface area (Å²) in [6.45, 7) is 4.12. The van der Waals surface area contributed by atoms with Gasteiger partial charge in [0.05, 0.1) is 24.4 Å². The molecule has 0 atom stereocenters. The summed E-state index contributed by atoms with van der Waals surface area (Å²) in [5.41, 5.74) is 0.925. The monoisotopic (exact) mass is 508 g/mol. The van der Waals surface area contributed by atoms with Crippen LogP contribution in [0.5, 0.6) is 0 Å². The molecule has 6 nitrogen and oxygen atoms in total. The molecule has 0 saturated heterocycles. The van der Waals surface area contributed by atoms with Crippen molar-refractivity contribution in [3.8, 4) is 0 Å². The number of sulfonamides is 1. The van der Waals surface area contributed by atoms with Crippen molar-refractivity contribution < 1.29 is 17.6 Å². The van der Waals surface area contributed by atoms with Crippen molar-refractivity contribution in [3.05, 3.63) is 88.3 Å². The maximum atomic E-state index is 13.5. The average molecular weight is 509 g/mol. The van der Waals surface area contributed by atoms with Gasteiger partial charge in [-0.15, -0.1) is 0 Å². The van der Waals surface area contributed by atoms with E-state index in [4.69, 9.17) is 27.6 Å². The number of carbonyl (C=O) groups excluding carboxylic acids is 1. The fourth-order valence-corrected chi connectivity index (χ4v) is 5.64. The van der Waals surface area contributed by atoms with Crippen molar-refractivity contribution in [1.82, 2.24) is 9.21 Å². The lowest BCUT2D eigenvalue weighted by molar-refractivity contribution is -0.133. The molecule has 33 heavy (non-hydrogen) atoms. The first-order valence-electron chi connectivity index (χ1n) is 10.5. The zero-order chi connectivity index (χ0) is 24.0. The molecule has 3 rings (SSSR count). The van der Waals surface area contributed by atoms with Gasteiger partial charge in [-0.05, 0) is 41.8 Å². The second-order valence-corrected chi connectivity index (χ2v) is 10.8. The maximum absolute atomic E-state index is 13.5. The number of amides is 1. The lowest BCUT2D eigenvalue weighted by Crippen LogP contribution is -2.43. The summed E-state index contributed by atoms with van der Waals surface area (Å²) in [5.74, 6) is 0.242. The van der Waals surface area contributed by atoms with E-state index in [1.807, 2.05) is 44.2 Å². The highest BCUT2D eigenvalue weighted by molar-refractivity contribution is 7.89. The first kappa shape index (κ1) is 25.3. The van der Waals surface area contributed by atoms with Crippen LogP contribution in [0.15, 0.2) is 76.2 Å². The fraction of sp³-hybridized carbons (Fsp3) is 0.292. The minimum atomic E-state index is -4.07. The standard InChI is InChI=1S/C24H26Cl2N2O4S/c1-18(2)14-28(33(30,31)23-13-20(25)10-11-22(23)26)17-24(29)27(16-21-9-6-12-32-21)15-19-7-4-3-5-8-19/h3-13,18H,14-17H2,1-2H3. The SMILES string of the molecule is CC(C)CN(CC(=O)N(Cc1ccccc1)Cc1ccco1)S(=O)(=O)c1cc(Cl)ccc1Cl. The molecule has 0 radical (unpaired) electrons. The molecule has 0 aliphatic carbocycles. The lowest BCUT2D eigenvalue weighted by atomic mass is 10.2. The zero-order valence-corrected chi connectivity index (χ0v) is 20.8. The Balaban J connectivity index is 1.90. The molecular weight excluding hydrogens is 483 g/mol. The molecule has 9 heteroatoms. The van der Waals surface area contributed by atoms with Crippen molar-refractivity contribution in [2.75, 3.05) is 13.1 Å². The molecule has 0 bridgehead atoms. The van der Waals surface area contributed by atoms with E-state index in [2.05, 4.69) is 0 Å². The van der Waals surface area contributed by atoms with E-state index < -0.39 is 10.0 Å². The summed E-state index contributed by atoms with van der Waals surface area (Å²) in [5, 5.41) is 0.301. The Labute approximate surface area is 204 Å². The molecule has 1 aromatic heterocycles. The number of furan rings is 1. The number of hydrogen-bond donors (Lipinski definition) is 0. The number of carbonyl (C=O) groups is 1. The highest BCUT2D eigenvalue weighted by atomic mass is 35.5. The van der Waals surface area contributed by atoms with E-state index in [0.29, 0.717) is 12.3 Å². The van der Waals surface area contributed by atoms with Crippen LogP contribution in [0.25, 0.3) is 0 Å². The van der Waals surface area contributed by atoms with E-state index in [9.17, 15) is 13.2 Å². The van der Waals surface area contributed by atoms with Crippen LogP contribution in [0.2, 0.25) is 10.0 Å². The first-order chi connectivity index (χ1) is 15.7. The molecule has 1 amide bonds. The van der Waals surface area contributed by atoms with E-state index >= 15 is 0 Å². The quantitative estimate of drug-likeness (QED) is 0.364. The van der Waals surface area contributed by atoms with Crippen molar-refractivity contribution in [3.63, 3.8) is 0 Å². The Bertz CT molecular complexity index is 1170. The van der Waals surface area contributed by atoms with E-state index in [1.165, 1.54) is 24.5 Å². The lowest BCUT2D eigenvalue weighted by Gasteiger charge is -2.28. The van der Waals surface area contributed by atoms with Gasteiger partial charge in [-0.25, -0.2) is 8.42 Å². The highest BCUT2D eigenvalue weighted by Crippen LogP contribution is 2.28. The van der Waals surface area contributed by atoms with Gasteiger partial charge in [0, 0.05) is 18.1 Å². The van der Waals surface area contributed by atoms with E-state index in [1.54, 1.807) is 17.0 Å². The van der Waals surface area contributed by atoms with Crippen LogP contribution in [0.3, 0.4) is 0 Å². The van der Waals surface area contributed by atoms with Crippen LogP contribution in [-0.2, 0) is 27.9 Å². The van der Waals surface area contributed by atoms with Crippen LogP contribution in [0.4, 0.5) is 0 Å². The Morgan fingerprint density at radius 2 is 1.73 bits per heavy atom. The van der Waals surface area contributed by atoms with E-state index in [-0.39, 0.29) is 46.4 Å². The van der Waals surface area contributed by atoms with Crippen molar-refractivity contribution in [1.29, 1.82) is 0 Å². The molecule has 0 fully saturated rings. The topological polar surface area (TPSA) is 70.8 Å². The average Bonchev–Trinajstić information content (AvgIpc) is 3.28. The molecule has 3 aromatic rings. The summed E-state index contributed by atoms with van der Waals surface area (Å²) >= 11 is 12.2. The number of nitrogens with zero attached hydrogens (tertiary/aromatic N) is 2. The van der Waals surface area contributed by atoms with Gasteiger partial charge >= 0.3 is 0 Å². The minimum Gasteiger partial charge on any atom is -0.467 e. The van der Waals surface area contributed by atoms with Crippen molar-refractivity contribution in [2.24, 2.45) is 5.92 Å². The van der Waals surface area contributed by atoms with Gasteiger partial charge in [0.25, 0.3) is 0 Å². The molecule has 1 heterocycles. The first-order valence-corrected chi connectivity index (χ1v) is 12.7. The van der Waals surface area contributed by atoms with Crippen LogP contribution >= 0.6 is 23.2 Å². The molecule has 2 aromatic carbocycles. The van der Waals surface area contributed by atoms with Gasteiger partial charge in [-0.1, -0.05) is 67.4 Å². The third-order valence-corrected chi connectivity index (χ3v) is 7.42. The Morgan fingerprint density at radius 3 is 2.36 bits per heavy atom. The van der Waals surface area contributed by atoms with Crippen LogP contribution < -0.4 is 0 Å². The second kappa shape index (κ2) is 11.2. The van der Waals surface area contributed by atoms with Gasteiger partial charge in [0.1, 0.15) is 10.7 Å². The largest absolute Gasteiger partial charge is 0.467 e. The molecule has 0 aliphatic rings. The smallest absolute Gasteiger partial charge is 0.245 e. The Kier molecular flexibility index (Phi) is 8.59. The predicted octanol–water partition coefficient (Wildman–Crippen LogP) is 5.46. The molecule has 0 unspecified atom stereocenters. The number of halogens is 2. The van der Waals surface area contributed by atoms with Crippen LogP contribution in [-0.4, -0.2) is 36.6 Å². The van der Waals surface area contributed by atoms with Crippen LogP contribution in [0.1, 0.15) is 25.2 Å². The fourth-order valence-electron chi connectivity index (χ4n) is 3.35. The van der Waals surface area contributed by atoms with Crippen LogP contribution in [0, 0.1) is 5.92 Å². The summed E-state index contributed by atoms with van der Waals surface area (Å²) in [7, 11) is -4.07. The molecular formula is C24H26Cl2N2O4S. The van der Waals surface area contributed by atoms with Gasteiger partial charge in [-0.3, -0.25) is 4.79 Å². The highest BCUT2D eigenvalue weighted by Gasteiger charge is 2.31. The molecule has 176 valence electrons. The third kappa shape index (κ3) is 6.84. The second-order valence-electron chi connectivity index (χ2n) is 8.08. The molecule has 0 aliphatic heterocycles. The molecule has 0 N–H and O–H groups in total.